The quantitative estimate of drug-likeness (QED) is 0.591. The number of fused-ring (bicyclic) bond motifs is 3. The molecule has 6 heteroatoms. The monoisotopic (exact) mass is 416 g/mol. The van der Waals surface area contributed by atoms with Gasteiger partial charge in [0.25, 0.3) is 0 Å². The molecule has 2 aromatic carbocycles. The molecule has 0 saturated heterocycles. The minimum absolute atomic E-state index is 0.280. The van der Waals surface area contributed by atoms with Gasteiger partial charge in [-0.1, -0.05) is 15.9 Å². The minimum Gasteiger partial charge on any atom is -0.493 e. The zero-order valence-electron chi connectivity index (χ0n) is 14.6. The fraction of sp³-hybridized carbons (Fsp3) is 0.250. The van der Waals surface area contributed by atoms with Crippen LogP contribution >= 0.6 is 15.9 Å². The number of methoxy groups -OCH3 is 2. The van der Waals surface area contributed by atoms with Crippen LogP contribution in [0.1, 0.15) is 5.56 Å². The number of aryl methyl sites for hydroxylation is 2. The van der Waals surface area contributed by atoms with Crippen LogP contribution in [0.3, 0.4) is 0 Å². The Labute approximate surface area is 160 Å². The molecule has 134 valence electrons. The zero-order chi connectivity index (χ0) is 18.1. The Morgan fingerprint density at radius 2 is 1.88 bits per heavy atom. The molecule has 0 fully saturated rings. The molecule has 0 radical (unpaired) electrons. The molecule has 4 rings (SSSR count). The minimum atomic E-state index is 0.280. The molecule has 0 atom stereocenters. The van der Waals surface area contributed by atoms with Gasteiger partial charge in [-0.3, -0.25) is 0 Å². The molecule has 0 aliphatic carbocycles. The number of hydrogen-bond acceptors (Lipinski definition) is 4. The molecule has 0 bridgehead atoms. The first-order valence-corrected chi connectivity index (χ1v) is 9.10. The van der Waals surface area contributed by atoms with Crippen molar-refractivity contribution in [1.29, 1.82) is 0 Å². The lowest BCUT2D eigenvalue weighted by Crippen LogP contribution is -2.33. The number of benzene rings is 2. The maximum atomic E-state index is 5.63. The number of pyridine rings is 1. The van der Waals surface area contributed by atoms with E-state index < -0.39 is 0 Å². The van der Waals surface area contributed by atoms with Gasteiger partial charge in [-0.2, -0.15) is 0 Å². The summed E-state index contributed by atoms with van der Waals surface area (Å²) in [5.74, 6) is 3.08. The van der Waals surface area contributed by atoms with Crippen molar-refractivity contribution in [2.45, 2.75) is 13.0 Å². The van der Waals surface area contributed by atoms with Crippen LogP contribution in [-0.4, -0.2) is 21.0 Å². The van der Waals surface area contributed by atoms with E-state index in [2.05, 4.69) is 45.0 Å². The molecule has 3 aromatic rings. The molecule has 5 nitrogen and oxygen atoms in total. The standard InChI is InChI=1S/C20H19BrNO4/c1-23-18-9-14(16(21)10-19(18)24-2)6-8-22-7-5-13-3-4-17-20(15(13)11-22)26-12-25-17/h3-5,7,9-11H,6,8,12H2,1-2H3/q+1. The fourth-order valence-corrected chi connectivity index (χ4v) is 3.67. The molecule has 0 saturated carbocycles. The third kappa shape index (κ3) is 3.05. The molecule has 1 aliphatic heterocycles. The average Bonchev–Trinajstić information content (AvgIpc) is 3.16. The predicted octanol–water partition coefficient (Wildman–Crippen LogP) is 3.88. The summed E-state index contributed by atoms with van der Waals surface area (Å²) in [5.41, 5.74) is 1.16. The van der Waals surface area contributed by atoms with Crippen molar-refractivity contribution in [3.05, 3.63) is 52.8 Å². The van der Waals surface area contributed by atoms with E-state index in [1.54, 1.807) is 14.2 Å². The first kappa shape index (κ1) is 17.0. The van der Waals surface area contributed by atoms with E-state index in [-0.39, 0.29) is 6.79 Å². The van der Waals surface area contributed by atoms with E-state index in [0.717, 1.165) is 51.0 Å². The van der Waals surface area contributed by atoms with E-state index in [1.165, 1.54) is 0 Å². The second kappa shape index (κ2) is 7.03. The lowest BCUT2D eigenvalue weighted by atomic mass is 10.1. The molecule has 1 aromatic heterocycles. The summed E-state index contributed by atoms with van der Waals surface area (Å²) in [6.45, 7) is 1.11. The van der Waals surface area contributed by atoms with E-state index in [0.29, 0.717) is 5.75 Å². The molecular weight excluding hydrogens is 398 g/mol. The van der Waals surface area contributed by atoms with Crippen LogP contribution < -0.4 is 23.5 Å². The van der Waals surface area contributed by atoms with Gasteiger partial charge in [-0.15, -0.1) is 0 Å². The summed E-state index contributed by atoms with van der Waals surface area (Å²) in [5, 5.41) is 2.20. The van der Waals surface area contributed by atoms with Crippen molar-refractivity contribution in [1.82, 2.24) is 0 Å². The van der Waals surface area contributed by atoms with E-state index in [4.69, 9.17) is 18.9 Å². The molecule has 0 N–H and O–H groups in total. The highest BCUT2D eigenvalue weighted by atomic mass is 79.9. The Morgan fingerprint density at radius 1 is 1.08 bits per heavy atom. The molecule has 0 spiro atoms. The van der Waals surface area contributed by atoms with Gasteiger partial charge in [0, 0.05) is 17.0 Å². The normalized spacial score (nSPS) is 12.4. The van der Waals surface area contributed by atoms with Crippen LogP contribution in [0.25, 0.3) is 10.8 Å². The molecule has 0 amide bonds. The maximum absolute atomic E-state index is 5.63. The van der Waals surface area contributed by atoms with E-state index in [1.807, 2.05) is 18.2 Å². The topological polar surface area (TPSA) is 40.8 Å². The van der Waals surface area contributed by atoms with Gasteiger partial charge in [0.1, 0.15) is 0 Å². The fourth-order valence-electron chi connectivity index (χ4n) is 3.15. The zero-order valence-corrected chi connectivity index (χ0v) is 16.2. The largest absolute Gasteiger partial charge is 0.493 e. The van der Waals surface area contributed by atoms with Crippen molar-refractivity contribution in [3.63, 3.8) is 0 Å². The van der Waals surface area contributed by atoms with Crippen molar-refractivity contribution in [2.75, 3.05) is 21.0 Å². The van der Waals surface area contributed by atoms with Crippen molar-refractivity contribution in [3.8, 4) is 23.0 Å². The Hall–Kier alpha value is -2.47. The molecule has 1 aliphatic rings. The van der Waals surface area contributed by atoms with Crippen molar-refractivity contribution < 1.29 is 23.5 Å². The molecule has 2 heterocycles. The number of halogens is 1. The van der Waals surface area contributed by atoms with Crippen LogP contribution in [-0.2, 0) is 13.0 Å². The second-order valence-corrected chi connectivity index (χ2v) is 6.89. The van der Waals surface area contributed by atoms with Gasteiger partial charge in [0.05, 0.1) is 19.6 Å². The Morgan fingerprint density at radius 3 is 2.69 bits per heavy atom. The lowest BCUT2D eigenvalue weighted by molar-refractivity contribution is -0.695. The molecule has 0 unspecified atom stereocenters. The van der Waals surface area contributed by atoms with Crippen LogP contribution in [0.4, 0.5) is 0 Å². The van der Waals surface area contributed by atoms with Crippen molar-refractivity contribution >= 4 is 26.7 Å². The van der Waals surface area contributed by atoms with E-state index >= 15 is 0 Å². The third-order valence-electron chi connectivity index (χ3n) is 4.54. The molecule has 26 heavy (non-hydrogen) atoms. The van der Waals surface area contributed by atoms with E-state index in [9.17, 15) is 0 Å². The molecular formula is C20H19BrNO4+. The Balaban J connectivity index is 1.60. The van der Waals surface area contributed by atoms with Crippen LogP contribution in [0.5, 0.6) is 23.0 Å². The van der Waals surface area contributed by atoms with Crippen LogP contribution in [0, 0.1) is 0 Å². The van der Waals surface area contributed by atoms with Crippen LogP contribution in [0.15, 0.2) is 47.2 Å². The Bertz CT molecular complexity index is 974. The summed E-state index contributed by atoms with van der Waals surface area (Å²) in [6, 6.07) is 10.1. The summed E-state index contributed by atoms with van der Waals surface area (Å²) >= 11 is 3.62. The number of aromatic nitrogens is 1. The van der Waals surface area contributed by atoms with Gasteiger partial charge in [-0.25, -0.2) is 4.57 Å². The van der Waals surface area contributed by atoms with Crippen LogP contribution in [0.2, 0.25) is 0 Å². The summed E-state index contributed by atoms with van der Waals surface area (Å²) in [6.07, 6.45) is 5.04. The summed E-state index contributed by atoms with van der Waals surface area (Å²) in [4.78, 5) is 0. The number of hydrogen-bond donors (Lipinski definition) is 0. The smallest absolute Gasteiger partial charge is 0.231 e. The Kier molecular flexibility index (Phi) is 4.59. The first-order valence-electron chi connectivity index (χ1n) is 8.31. The third-order valence-corrected chi connectivity index (χ3v) is 5.28. The second-order valence-electron chi connectivity index (χ2n) is 6.03. The summed E-state index contributed by atoms with van der Waals surface area (Å²) < 4.78 is 25.0. The first-order chi connectivity index (χ1) is 12.7. The number of nitrogens with zero attached hydrogens (tertiary/aromatic N) is 1. The van der Waals surface area contributed by atoms with Crippen molar-refractivity contribution in [2.24, 2.45) is 0 Å². The lowest BCUT2D eigenvalue weighted by Gasteiger charge is -2.11. The number of rotatable bonds is 5. The predicted molar refractivity (Wildman–Crippen MR) is 101 cm³/mol. The highest BCUT2D eigenvalue weighted by molar-refractivity contribution is 9.10. The summed E-state index contributed by atoms with van der Waals surface area (Å²) in [7, 11) is 3.29. The SMILES string of the molecule is COc1cc(Br)c(CC[n+]2ccc3ccc4c(c3c2)OCO4)cc1OC. The highest BCUT2D eigenvalue weighted by Crippen LogP contribution is 2.38. The highest BCUT2D eigenvalue weighted by Gasteiger charge is 2.19. The van der Waals surface area contributed by atoms with Gasteiger partial charge in [0.2, 0.25) is 6.79 Å². The van der Waals surface area contributed by atoms with Gasteiger partial charge >= 0.3 is 0 Å². The van der Waals surface area contributed by atoms with Gasteiger partial charge in [0.15, 0.2) is 41.9 Å². The number of ether oxygens (including phenoxy) is 4. The maximum Gasteiger partial charge on any atom is 0.231 e. The average molecular weight is 417 g/mol. The van der Waals surface area contributed by atoms with Gasteiger partial charge < -0.3 is 18.9 Å². The van der Waals surface area contributed by atoms with Gasteiger partial charge in [-0.05, 0) is 35.2 Å².